The van der Waals surface area contributed by atoms with Crippen LogP contribution in [0.5, 0.6) is 5.75 Å². The van der Waals surface area contributed by atoms with Gasteiger partial charge >= 0.3 is 0 Å². The molecule has 98 valence electrons. The number of rotatable bonds is 6. The molecule has 4 heteroatoms. The molecule has 0 spiro atoms. The first kappa shape index (κ1) is 12.9. The first-order valence-electron chi connectivity index (χ1n) is 6.37. The van der Waals surface area contributed by atoms with Gasteiger partial charge in [0.15, 0.2) is 0 Å². The predicted molar refractivity (Wildman–Crippen MR) is 70.5 cm³/mol. The summed E-state index contributed by atoms with van der Waals surface area (Å²) in [7, 11) is 1.63. The fourth-order valence-corrected chi connectivity index (χ4v) is 2.09. The lowest BCUT2D eigenvalue weighted by molar-refractivity contribution is -0.130. The molecule has 1 aromatic rings. The third-order valence-corrected chi connectivity index (χ3v) is 3.17. The van der Waals surface area contributed by atoms with Gasteiger partial charge in [0.05, 0.1) is 13.5 Å². The summed E-state index contributed by atoms with van der Waals surface area (Å²) in [4.78, 5) is 14.1. The van der Waals surface area contributed by atoms with Crippen LogP contribution in [-0.2, 0) is 11.2 Å². The Kier molecular flexibility index (Phi) is 4.20. The molecule has 1 aromatic carbocycles. The van der Waals surface area contributed by atoms with Crippen LogP contribution in [-0.4, -0.2) is 37.0 Å². The summed E-state index contributed by atoms with van der Waals surface area (Å²) >= 11 is 0. The number of amides is 1. The molecule has 18 heavy (non-hydrogen) atoms. The second-order valence-corrected chi connectivity index (χ2v) is 4.64. The Bertz CT molecular complexity index is 416. The van der Waals surface area contributed by atoms with E-state index in [1.807, 2.05) is 29.2 Å². The smallest absolute Gasteiger partial charge is 0.227 e. The molecular weight excluding hydrogens is 228 g/mol. The van der Waals surface area contributed by atoms with Gasteiger partial charge in [-0.3, -0.25) is 4.79 Å². The molecule has 0 aromatic heterocycles. The van der Waals surface area contributed by atoms with Crippen LogP contribution in [0.2, 0.25) is 0 Å². The molecular formula is C14H20N2O2. The van der Waals surface area contributed by atoms with Crippen LogP contribution in [0, 0.1) is 0 Å². The Hall–Kier alpha value is -1.55. The zero-order valence-electron chi connectivity index (χ0n) is 10.8. The number of nitrogens with zero attached hydrogens (tertiary/aromatic N) is 1. The quantitative estimate of drug-likeness (QED) is 0.822. The monoisotopic (exact) mass is 248 g/mol. The normalized spacial score (nSPS) is 14.3. The van der Waals surface area contributed by atoms with E-state index in [-0.39, 0.29) is 5.91 Å². The SMILES string of the molecule is COc1cccc(CC(=O)N(CCN)C2CC2)c1. The van der Waals surface area contributed by atoms with Crippen molar-refractivity contribution in [3.8, 4) is 5.75 Å². The van der Waals surface area contributed by atoms with Crippen molar-refractivity contribution in [1.82, 2.24) is 4.90 Å². The van der Waals surface area contributed by atoms with Crippen molar-refractivity contribution in [2.24, 2.45) is 5.73 Å². The zero-order valence-corrected chi connectivity index (χ0v) is 10.8. The van der Waals surface area contributed by atoms with E-state index in [9.17, 15) is 4.79 Å². The fourth-order valence-electron chi connectivity index (χ4n) is 2.09. The van der Waals surface area contributed by atoms with Crippen molar-refractivity contribution in [1.29, 1.82) is 0 Å². The summed E-state index contributed by atoms with van der Waals surface area (Å²) in [6.07, 6.45) is 2.65. The van der Waals surface area contributed by atoms with Crippen molar-refractivity contribution in [2.75, 3.05) is 20.2 Å². The van der Waals surface area contributed by atoms with Gasteiger partial charge in [0.2, 0.25) is 5.91 Å². The molecule has 2 N–H and O–H groups in total. The summed E-state index contributed by atoms with van der Waals surface area (Å²) in [5.74, 6) is 0.952. The molecule has 0 atom stereocenters. The maximum absolute atomic E-state index is 12.2. The lowest BCUT2D eigenvalue weighted by Gasteiger charge is -2.21. The summed E-state index contributed by atoms with van der Waals surface area (Å²) in [6.45, 7) is 1.19. The number of hydrogen-bond acceptors (Lipinski definition) is 3. The Morgan fingerprint density at radius 2 is 2.28 bits per heavy atom. The van der Waals surface area contributed by atoms with Crippen LogP contribution < -0.4 is 10.5 Å². The third-order valence-electron chi connectivity index (χ3n) is 3.17. The van der Waals surface area contributed by atoms with Gasteiger partial charge in [0.1, 0.15) is 5.75 Å². The molecule has 0 bridgehead atoms. The number of carbonyl (C=O) groups excluding carboxylic acids is 1. The Labute approximate surface area is 108 Å². The largest absolute Gasteiger partial charge is 0.497 e. The second kappa shape index (κ2) is 5.87. The number of carbonyl (C=O) groups is 1. The van der Waals surface area contributed by atoms with E-state index in [2.05, 4.69) is 0 Å². The lowest BCUT2D eigenvalue weighted by Crippen LogP contribution is -2.38. The molecule has 1 aliphatic carbocycles. The molecule has 0 saturated heterocycles. The molecule has 0 aliphatic heterocycles. The van der Waals surface area contributed by atoms with Crippen LogP contribution in [0.1, 0.15) is 18.4 Å². The van der Waals surface area contributed by atoms with Crippen LogP contribution in [0.25, 0.3) is 0 Å². The lowest BCUT2D eigenvalue weighted by atomic mass is 10.1. The van der Waals surface area contributed by atoms with E-state index in [1.165, 1.54) is 0 Å². The molecule has 1 fully saturated rings. The average Bonchev–Trinajstić information content (AvgIpc) is 3.20. The minimum atomic E-state index is 0.163. The van der Waals surface area contributed by atoms with E-state index >= 15 is 0 Å². The molecule has 0 heterocycles. The van der Waals surface area contributed by atoms with Gasteiger partial charge < -0.3 is 15.4 Å². The van der Waals surface area contributed by atoms with Crippen LogP contribution >= 0.6 is 0 Å². The highest BCUT2D eigenvalue weighted by Crippen LogP contribution is 2.27. The average molecular weight is 248 g/mol. The topological polar surface area (TPSA) is 55.6 Å². The molecule has 0 unspecified atom stereocenters. The predicted octanol–water partition coefficient (Wildman–Crippen LogP) is 1.19. The van der Waals surface area contributed by atoms with Gasteiger partial charge in [-0.2, -0.15) is 0 Å². The summed E-state index contributed by atoms with van der Waals surface area (Å²) in [5, 5.41) is 0. The van der Waals surface area contributed by atoms with E-state index in [0.717, 1.165) is 24.2 Å². The second-order valence-electron chi connectivity index (χ2n) is 4.64. The first-order chi connectivity index (χ1) is 8.74. The Balaban J connectivity index is 2.00. The summed E-state index contributed by atoms with van der Waals surface area (Å²) in [5.41, 5.74) is 6.55. The number of ether oxygens (including phenoxy) is 1. The maximum Gasteiger partial charge on any atom is 0.227 e. The number of nitrogens with two attached hydrogens (primary N) is 1. The number of hydrogen-bond donors (Lipinski definition) is 1. The van der Waals surface area contributed by atoms with E-state index in [4.69, 9.17) is 10.5 Å². The molecule has 0 radical (unpaired) electrons. The maximum atomic E-state index is 12.2. The molecule has 2 rings (SSSR count). The van der Waals surface area contributed by atoms with Gasteiger partial charge in [0.25, 0.3) is 0 Å². The highest BCUT2D eigenvalue weighted by atomic mass is 16.5. The molecule has 1 saturated carbocycles. The van der Waals surface area contributed by atoms with Crippen molar-refractivity contribution in [3.63, 3.8) is 0 Å². The molecule has 4 nitrogen and oxygen atoms in total. The minimum absolute atomic E-state index is 0.163. The van der Waals surface area contributed by atoms with E-state index < -0.39 is 0 Å². The highest BCUT2D eigenvalue weighted by Gasteiger charge is 2.31. The third kappa shape index (κ3) is 3.23. The van der Waals surface area contributed by atoms with Gasteiger partial charge in [-0.15, -0.1) is 0 Å². The minimum Gasteiger partial charge on any atom is -0.497 e. The van der Waals surface area contributed by atoms with Crippen molar-refractivity contribution >= 4 is 5.91 Å². The van der Waals surface area contributed by atoms with E-state index in [0.29, 0.717) is 25.6 Å². The Morgan fingerprint density at radius 3 is 2.89 bits per heavy atom. The molecule has 1 aliphatic rings. The van der Waals surface area contributed by atoms with E-state index in [1.54, 1.807) is 7.11 Å². The molecule has 1 amide bonds. The first-order valence-corrected chi connectivity index (χ1v) is 6.37. The van der Waals surface area contributed by atoms with Crippen molar-refractivity contribution in [2.45, 2.75) is 25.3 Å². The van der Waals surface area contributed by atoms with Gasteiger partial charge in [-0.05, 0) is 30.5 Å². The number of benzene rings is 1. The van der Waals surface area contributed by atoms with Crippen LogP contribution in [0.15, 0.2) is 24.3 Å². The number of methoxy groups -OCH3 is 1. The van der Waals surface area contributed by atoms with Crippen molar-refractivity contribution in [3.05, 3.63) is 29.8 Å². The fraction of sp³-hybridized carbons (Fsp3) is 0.500. The highest BCUT2D eigenvalue weighted by molar-refractivity contribution is 5.79. The standard InChI is InChI=1S/C14H20N2O2/c1-18-13-4-2-3-11(9-13)10-14(17)16(8-7-15)12-5-6-12/h2-4,9,12H,5-8,10,15H2,1H3. The van der Waals surface area contributed by atoms with Gasteiger partial charge in [-0.1, -0.05) is 12.1 Å². The van der Waals surface area contributed by atoms with Gasteiger partial charge in [-0.25, -0.2) is 0 Å². The van der Waals surface area contributed by atoms with Gasteiger partial charge in [0, 0.05) is 19.1 Å². The summed E-state index contributed by atoms with van der Waals surface area (Å²) in [6, 6.07) is 8.07. The summed E-state index contributed by atoms with van der Waals surface area (Å²) < 4.78 is 5.16. The van der Waals surface area contributed by atoms with Crippen molar-refractivity contribution < 1.29 is 9.53 Å². The Morgan fingerprint density at radius 1 is 1.50 bits per heavy atom. The van der Waals surface area contributed by atoms with Crippen LogP contribution in [0.3, 0.4) is 0 Å². The zero-order chi connectivity index (χ0) is 13.0. The van der Waals surface area contributed by atoms with Crippen LogP contribution in [0.4, 0.5) is 0 Å².